The maximum absolute atomic E-state index is 9.22. The number of H-pyrrole nitrogens is 1. The molecule has 1 aliphatic heterocycles. The maximum atomic E-state index is 9.22. The largest absolute Gasteiger partial charge is 0.396 e. The van der Waals surface area contributed by atoms with Gasteiger partial charge < -0.3 is 19.9 Å². The molecular formula is C10H12N4O3. The SMILES string of the molecule is OCC1OC(c2ncc3[nH]cnc3n2)C1CO. The van der Waals surface area contributed by atoms with Crippen molar-refractivity contribution in [2.45, 2.75) is 12.2 Å². The molecule has 0 bridgehead atoms. The number of aromatic nitrogens is 4. The Hall–Kier alpha value is -1.57. The Morgan fingerprint density at radius 2 is 2.18 bits per heavy atom. The molecule has 1 aliphatic rings. The number of fused-ring (bicyclic) bond motifs is 1. The molecule has 1 saturated heterocycles. The summed E-state index contributed by atoms with van der Waals surface area (Å²) >= 11 is 0. The second-order valence-electron chi connectivity index (χ2n) is 3.99. The van der Waals surface area contributed by atoms with Crippen molar-refractivity contribution < 1.29 is 14.9 Å². The highest BCUT2D eigenvalue weighted by Crippen LogP contribution is 2.39. The Morgan fingerprint density at radius 1 is 1.29 bits per heavy atom. The highest BCUT2D eigenvalue weighted by Gasteiger charge is 2.44. The van der Waals surface area contributed by atoms with E-state index in [1.54, 1.807) is 12.5 Å². The molecule has 0 aromatic carbocycles. The van der Waals surface area contributed by atoms with E-state index in [0.29, 0.717) is 11.5 Å². The van der Waals surface area contributed by atoms with Gasteiger partial charge in [0.1, 0.15) is 11.6 Å². The van der Waals surface area contributed by atoms with Gasteiger partial charge in [0.15, 0.2) is 11.5 Å². The van der Waals surface area contributed by atoms with E-state index in [0.717, 1.165) is 5.52 Å². The normalized spacial score (nSPS) is 28.2. The minimum Gasteiger partial charge on any atom is -0.396 e. The molecule has 7 nitrogen and oxygen atoms in total. The fourth-order valence-corrected chi connectivity index (χ4v) is 2.03. The standard InChI is InChI=1S/C10H12N4O3/c15-2-5-7(3-16)17-8(5)10-11-1-6-9(14-10)13-4-12-6/h1,4-5,7-8,15-16H,2-3H2,(H,11,12,13,14). The minimum atomic E-state index is -0.363. The van der Waals surface area contributed by atoms with Gasteiger partial charge in [0, 0.05) is 5.92 Å². The van der Waals surface area contributed by atoms with E-state index in [4.69, 9.17) is 9.84 Å². The van der Waals surface area contributed by atoms with Crippen LogP contribution < -0.4 is 0 Å². The number of ether oxygens (including phenoxy) is 1. The lowest BCUT2D eigenvalue weighted by molar-refractivity contribution is -0.216. The Bertz CT molecular complexity index is 529. The van der Waals surface area contributed by atoms with Gasteiger partial charge in [0.2, 0.25) is 0 Å². The number of hydrogen-bond donors (Lipinski definition) is 3. The molecule has 0 amide bonds. The molecule has 7 heteroatoms. The summed E-state index contributed by atoms with van der Waals surface area (Å²) < 4.78 is 5.43. The van der Waals surface area contributed by atoms with Crippen LogP contribution in [-0.4, -0.2) is 49.5 Å². The van der Waals surface area contributed by atoms with E-state index < -0.39 is 0 Å². The second-order valence-corrected chi connectivity index (χ2v) is 3.99. The Kier molecular flexibility index (Phi) is 2.50. The first kappa shape index (κ1) is 10.6. The van der Waals surface area contributed by atoms with E-state index in [9.17, 15) is 5.11 Å². The van der Waals surface area contributed by atoms with Crippen molar-refractivity contribution in [1.29, 1.82) is 0 Å². The van der Waals surface area contributed by atoms with E-state index in [1.807, 2.05) is 0 Å². The highest BCUT2D eigenvalue weighted by molar-refractivity contribution is 5.68. The smallest absolute Gasteiger partial charge is 0.180 e. The molecule has 0 spiro atoms. The van der Waals surface area contributed by atoms with Crippen molar-refractivity contribution in [3.8, 4) is 0 Å². The second kappa shape index (κ2) is 4.02. The molecule has 2 aromatic heterocycles. The summed E-state index contributed by atoms with van der Waals surface area (Å²) in [6.45, 7) is -0.162. The van der Waals surface area contributed by atoms with Crippen LogP contribution in [0.25, 0.3) is 11.2 Å². The molecule has 0 radical (unpaired) electrons. The number of aliphatic hydroxyl groups excluding tert-OH is 2. The van der Waals surface area contributed by atoms with Crippen LogP contribution in [0.2, 0.25) is 0 Å². The molecular weight excluding hydrogens is 224 g/mol. The van der Waals surface area contributed by atoms with Gasteiger partial charge in [-0.1, -0.05) is 0 Å². The zero-order valence-corrected chi connectivity index (χ0v) is 8.95. The monoisotopic (exact) mass is 236 g/mol. The lowest BCUT2D eigenvalue weighted by Crippen LogP contribution is -2.47. The van der Waals surface area contributed by atoms with Crippen LogP contribution in [0.15, 0.2) is 12.5 Å². The molecule has 3 N–H and O–H groups in total. The van der Waals surface area contributed by atoms with Crippen molar-refractivity contribution in [3.63, 3.8) is 0 Å². The summed E-state index contributed by atoms with van der Waals surface area (Å²) in [6.07, 6.45) is 2.49. The number of hydrogen-bond acceptors (Lipinski definition) is 6. The lowest BCUT2D eigenvalue weighted by atomic mass is 9.90. The molecule has 3 rings (SSSR count). The average molecular weight is 236 g/mol. The number of imidazole rings is 1. The maximum Gasteiger partial charge on any atom is 0.180 e. The zero-order valence-electron chi connectivity index (χ0n) is 8.95. The highest BCUT2D eigenvalue weighted by atomic mass is 16.5. The molecule has 0 saturated carbocycles. The third-order valence-electron chi connectivity index (χ3n) is 3.03. The van der Waals surface area contributed by atoms with Gasteiger partial charge in [0.25, 0.3) is 0 Å². The summed E-state index contributed by atoms with van der Waals surface area (Å²) in [6, 6.07) is 0. The number of nitrogens with one attached hydrogen (secondary N) is 1. The van der Waals surface area contributed by atoms with Gasteiger partial charge in [-0.2, -0.15) is 0 Å². The van der Waals surface area contributed by atoms with Crippen molar-refractivity contribution >= 4 is 11.2 Å². The van der Waals surface area contributed by atoms with Crippen molar-refractivity contribution in [2.75, 3.05) is 13.2 Å². The number of rotatable bonds is 3. The first-order valence-corrected chi connectivity index (χ1v) is 5.36. The van der Waals surface area contributed by atoms with Crippen LogP contribution in [0.4, 0.5) is 0 Å². The third-order valence-corrected chi connectivity index (χ3v) is 3.03. The first-order chi connectivity index (χ1) is 8.33. The predicted octanol–water partition coefficient (Wildman–Crippen LogP) is -0.606. The van der Waals surface area contributed by atoms with Crippen LogP contribution in [0.3, 0.4) is 0 Å². The fourth-order valence-electron chi connectivity index (χ4n) is 2.03. The van der Waals surface area contributed by atoms with Gasteiger partial charge >= 0.3 is 0 Å². The van der Waals surface area contributed by atoms with Crippen LogP contribution in [0, 0.1) is 5.92 Å². The Balaban J connectivity index is 1.89. The fraction of sp³-hybridized carbons (Fsp3) is 0.500. The minimum absolute atomic E-state index is 0.0577. The van der Waals surface area contributed by atoms with E-state index in [1.165, 1.54) is 0 Å². The van der Waals surface area contributed by atoms with Crippen molar-refractivity contribution in [3.05, 3.63) is 18.3 Å². The summed E-state index contributed by atoms with van der Waals surface area (Å²) in [4.78, 5) is 15.4. The topological polar surface area (TPSA) is 104 Å². The van der Waals surface area contributed by atoms with Gasteiger partial charge in [-0.3, -0.25) is 0 Å². The molecule has 2 aromatic rings. The Labute approximate surface area is 96.5 Å². The van der Waals surface area contributed by atoms with Crippen LogP contribution in [0.5, 0.6) is 0 Å². The predicted molar refractivity (Wildman–Crippen MR) is 57.0 cm³/mol. The molecule has 90 valence electrons. The summed E-state index contributed by atoms with van der Waals surface area (Å²) in [5.74, 6) is 0.338. The zero-order chi connectivity index (χ0) is 11.8. The molecule has 1 fully saturated rings. The van der Waals surface area contributed by atoms with Crippen molar-refractivity contribution in [1.82, 2.24) is 19.9 Å². The van der Waals surface area contributed by atoms with Crippen LogP contribution >= 0.6 is 0 Å². The van der Waals surface area contributed by atoms with Gasteiger partial charge in [0.05, 0.1) is 31.8 Å². The average Bonchev–Trinajstić information content (AvgIpc) is 2.76. The van der Waals surface area contributed by atoms with E-state index in [-0.39, 0.29) is 31.3 Å². The molecule has 3 heterocycles. The number of aliphatic hydroxyl groups is 2. The summed E-state index contributed by atoms with van der Waals surface area (Å²) in [5.41, 5.74) is 1.33. The van der Waals surface area contributed by atoms with Gasteiger partial charge in [-0.25, -0.2) is 15.0 Å². The third kappa shape index (κ3) is 1.59. The van der Waals surface area contributed by atoms with E-state index >= 15 is 0 Å². The first-order valence-electron chi connectivity index (χ1n) is 5.36. The quantitative estimate of drug-likeness (QED) is 0.657. The van der Waals surface area contributed by atoms with Crippen LogP contribution in [-0.2, 0) is 4.74 Å². The van der Waals surface area contributed by atoms with Crippen molar-refractivity contribution in [2.24, 2.45) is 5.92 Å². The molecule has 3 atom stereocenters. The Morgan fingerprint density at radius 3 is 2.94 bits per heavy atom. The van der Waals surface area contributed by atoms with Crippen LogP contribution in [0.1, 0.15) is 11.9 Å². The molecule has 0 aliphatic carbocycles. The lowest BCUT2D eigenvalue weighted by Gasteiger charge is -2.41. The molecule has 3 unspecified atom stereocenters. The number of aromatic amines is 1. The van der Waals surface area contributed by atoms with E-state index in [2.05, 4.69) is 19.9 Å². The van der Waals surface area contributed by atoms with Gasteiger partial charge in [-0.15, -0.1) is 0 Å². The number of nitrogens with zero attached hydrogens (tertiary/aromatic N) is 3. The van der Waals surface area contributed by atoms with Gasteiger partial charge in [-0.05, 0) is 0 Å². The summed E-state index contributed by atoms with van der Waals surface area (Å²) in [7, 11) is 0. The summed E-state index contributed by atoms with van der Waals surface area (Å²) in [5, 5.41) is 18.2. The molecule has 17 heavy (non-hydrogen) atoms.